The van der Waals surface area contributed by atoms with Crippen LogP contribution in [-0.4, -0.2) is 24.3 Å². The van der Waals surface area contributed by atoms with Gasteiger partial charge in [-0.2, -0.15) is 0 Å². The highest BCUT2D eigenvalue weighted by Crippen LogP contribution is 2.19. The van der Waals surface area contributed by atoms with Crippen LogP contribution >= 0.6 is 0 Å². The van der Waals surface area contributed by atoms with E-state index in [0.29, 0.717) is 19.6 Å². The Morgan fingerprint density at radius 3 is 2.80 bits per heavy atom. The number of aliphatic hydroxyl groups excluding tert-OH is 1. The van der Waals surface area contributed by atoms with Crippen molar-refractivity contribution in [1.29, 1.82) is 0 Å². The summed E-state index contributed by atoms with van der Waals surface area (Å²) in [6, 6.07) is 7.47. The minimum absolute atomic E-state index is 0.127. The van der Waals surface area contributed by atoms with E-state index < -0.39 is 6.10 Å². The lowest BCUT2D eigenvalue weighted by atomic mass is 10.1. The number of hydrogen-bond donors (Lipinski definition) is 1. The van der Waals surface area contributed by atoms with E-state index in [0.717, 1.165) is 30.6 Å². The third-order valence-electron chi connectivity index (χ3n) is 2.94. The third-order valence-corrected chi connectivity index (χ3v) is 2.94. The van der Waals surface area contributed by atoms with Crippen LogP contribution in [0.4, 0.5) is 0 Å². The number of esters is 1. The van der Waals surface area contributed by atoms with Crippen molar-refractivity contribution >= 4 is 5.97 Å². The Morgan fingerprint density at radius 1 is 1.30 bits per heavy atom. The molecule has 4 heteroatoms. The molecule has 0 saturated heterocycles. The number of carbonyl (C=O) groups is 1. The molecule has 0 aliphatic rings. The molecule has 1 rings (SSSR count). The van der Waals surface area contributed by atoms with Gasteiger partial charge in [0.15, 0.2) is 0 Å². The molecule has 20 heavy (non-hydrogen) atoms. The maximum absolute atomic E-state index is 11.1. The van der Waals surface area contributed by atoms with Gasteiger partial charge in [0.2, 0.25) is 0 Å². The normalized spacial score (nSPS) is 11.9. The van der Waals surface area contributed by atoms with Crippen molar-refractivity contribution in [3.8, 4) is 5.75 Å². The van der Waals surface area contributed by atoms with Crippen LogP contribution in [-0.2, 0) is 9.53 Å². The summed E-state index contributed by atoms with van der Waals surface area (Å²) in [7, 11) is 0. The molecule has 0 amide bonds. The Kier molecular flexibility index (Phi) is 7.73. The van der Waals surface area contributed by atoms with Gasteiger partial charge >= 0.3 is 5.97 Å². The van der Waals surface area contributed by atoms with Crippen molar-refractivity contribution < 1.29 is 19.4 Å². The predicted molar refractivity (Wildman–Crippen MR) is 77.7 cm³/mol. The summed E-state index contributed by atoms with van der Waals surface area (Å²) < 4.78 is 10.5. The lowest BCUT2D eigenvalue weighted by Gasteiger charge is -2.09. The molecule has 112 valence electrons. The van der Waals surface area contributed by atoms with Crippen molar-refractivity contribution in [3.05, 3.63) is 29.8 Å². The van der Waals surface area contributed by atoms with E-state index in [4.69, 9.17) is 9.47 Å². The van der Waals surface area contributed by atoms with Gasteiger partial charge in [0.05, 0.1) is 19.3 Å². The van der Waals surface area contributed by atoms with E-state index in [1.807, 2.05) is 31.2 Å². The number of hydrogen-bond acceptors (Lipinski definition) is 4. The average molecular weight is 280 g/mol. The zero-order chi connectivity index (χ0) is 14.8. The van der Waals surface area contributed by atoms with Crippen molar-refractivity contribution in [2.24, 2.45) is 0 Å². The van der Waals surface area contributed by atoms with Crippen LogP contribution in [0.2, 0.25) is 0 Å². The Morgan fingerprint density at radius 2 is 2.10 bits per heavy atom. The summed E-state index contributed by atoms with van der Waals surface area (Å²) in [5, 5.41) is 9.49. The average Bonchev–Trinajstić information content (AvgIpc) is 2.43. The number of unbranched alkanes of at least 4 members (excludes halogenated alkanes) is 2. The van der Waals surface area contributed by atoms with Gasteiger partial charge in [-0.25, -0.2) is 0 Å². The maximum Gasteiger partial charge on any atom is 0.305 e. The summed E-state index contributed by atoms with van der Waals surface area (Å²) in [4.78, 5) is 11.1. The first-order valence-electron chi connectivity index (χ1n) is 7.20. The second-order valence-corrected chi connectivity index (χ2v) is 4.71. The highest BCUT2D eigenvalue weighted by molar-refractivity contribution is 5.69. The maximum atomic E-state index is 11.1. The molecule has 1 atom stereocenters. The van der Waals surface area contributed by atoms with E-state index in [1.54, 1.807) is 6.92 Å². The SMILES string of the molecule is CCOC(=O)CCCCCOc1cccc(C(C)O)c1. The number of aliphatic hydroxyl groups is 1. The molecule has 0 fully saturated rings. The first-order valence-corrected chi connectivity index (χ1v) is 7.20. The van der Waals surface area contributed by atoms with Gasteiger partial charge in [0.1, 0.15) is 5.75 Å². The number of ether oxygens (including phenoxy) is 2. The molecule has 0 saturated carbocycles. The van der Waals surface area contributed by atoms with E-state index >= 15 is 0 Å². The van der Waals surface area contributed by atoms with E-state index in [-0.39, 0.29) is 5.97 Å². The second-order valence-electron chi connectivity index (χ2n) is 4.71. The van der Waals surface area contributed by atoms with Gasteiger partial charge in [-0.15, -0.1) is 0 Å². The zero-order valence-corrected chi connectivity index (χ0v) is 12.3. The summed E-state index contributed by atoms with van der Waals surface area (Å²) >= 11 is 0. The minimum Gasteiger partial charge on any atom is -0.494 e. The smallest absolute Gasteiger partial charge is 0.305 e. The monoisotopic (exact) mass is 280 g/mol. The molecule has 0 radical (unpaired) electrons. The Labute approximate surface area is 120 Å². The first kappa shape index (κ1) is 16.5. The van der Waals surface area contributed by atoms with Gasteiger partial charge in [-0.05, 0) is 50.8 Å². The highest BCUT2D eigenvalue weighted by Gasteiger charge is 2.03. The number of carbonyl (C=O) groups excluding carboxylic acids is 1. The number of rotatable bonds is 9. The number of benzene rings is 1. The van der Waals surface area contributed by atoms with Gasteiger partial charge in [0.25, 0.3) is 0 Å². The molecule has 1 aromatic rings. The van der Waals surface area contributed by atoms with Crippen LogP contribution in [0, 0.1) is 0 Å². The van der Waals surface area contributed by atoms with Crippen LogP contribution in [0.25, 0.3) is 0 Å². The van der Waals surface area contributed by atoms with E-state index in [1.165, 1.54) is 0 Å². The topological polar surface area (TPSA) is 55.8 Å². The molecule has 0 bridgehead atoms. The quantitative estimate of drug-likeness (QED) is 0.557. The lowest BCUT2D eigenvalue weighted by Crippen LogP contribution is -2.04. The van der Waals surface area contributed by atoms with Crippen LogP contribution in [0.5, 0.6) is 5.75 Å². The van der Waals surface area contributed by atoms with E-state index in [9.17, 15) is 9.90 Å². The second kappa shape index (κ2) is 9.37. The van der Waals surface area contributed by atoms with Gasteiger partial charge in [-0.1, -0.05) is 12.1 Å². The molecule has 0 spiro atoms. The summed E-state index contributed by atoms with van der Waals surface area (Å²) in [5.74, 6) is 0.645. The molecule has 0 aromatic heterocycles. The van der Waals surface area contributed by atoms with E-state index in [2.05, 4.69) is 0 Å². The largest absolute Gasteiger partial charge is 0.494 e. The minimum atomic E-state index is -0.483. The molecule has 1 N–H and O–H groups in total. The molecule has 1 aromatic carbocycles. The summed E-state index contributed by atoms with van der Waals surface area (Å²) in [6.07, 6.45) is 2.66. The van der Waals surface area contributed by atoms with Crippen molar-refractivity contribution in [1.82, 2.24) is 0 Å². The van der Waals surface area contributed by atoms with Crippen LogP contribution in [0.15, 0.2) is 24.3 Å². The fourth-order valence-electron chi connectivity index (χ4n) is 1.84. The molecule has 0 aliphatic carbocycles. The van der Waals surface area contributed by atoms with Crippen molar-refractivity contribution in [3.63, 3.8) is 0 Å². The molecular weight excluding hydrogens is 256 g/mol. The van der Waals surface area contributed by atoms with Crippen LogP contribution in [0.3, 0.4) is 0 Å². The van der Waals surface area contributed by atoms with Crippen molar-refractivity contribution in [2.45, 2.75) is 45.6 Å². The van der Waals surface area contributed by atoms with Gasteiger partial charge < -0.3 is 14.6 Å². The zero-order valence-electron chi connectivity index (χ0n) is 12.3. The third kappa shape index (κ3) is 6.57. The molecular formula is C16H24O4. The van der Waals surface area contributed by atoms with Crippen LogP contribution in [0.1, 0.15) is 51.2 Å². The summed E-state index contributed by atoms with van der Waals surface area (Å²) in [5.41, 5.74) is 0.852. The lowest BCUT2D eigenvalue weighted by molar-refractivity contribution is -0.143. The highest BCUT2D eigenvalue weighted by atomic mass is 16.5. The molecule has 1 unspecified atom stereocenters. The van der Waals surface area contributed by atoms with Gasteiger partial charge in [0, 0.05) is 6.42 Å². The van der Waals surface area contributed by atoms with Gasteiger partial charge in [-0.3, -0.25) is 4.79 Å². The molecule has 0 aliphatic heterocycles. The predicted octanol–water partition coefficient (Wildman–Crippen LogP) is 3.24. The van der Waals surface area contributed by atoms with Crippen molar-refractivity contribution in [2.75, 3.05) is 13.2 Å². The fraction of sp³-hybridized carbons (Fsp3) is 0.562. The Hall–Kier alpha value is -1.55. The Balaban J connectivity index is 2.15. The Bertz CT molecular complexity index is 401. The van der Waals surface area contributed by atoms with Crippen LogP contribution < -0.4 is 4.74 Å². The summed E-state index contributed by atoms with van der Waals surface area (Å²) in [6.45, 7) is 4.61. The molecule has 0 heterocycles. The molecule has 4 nitrogen and oxygen atoms in total. The standard InChI is InChI=1S/C16H24O4/c1-3-19-16(18)10-5-4-6-11-20-15-9-7-8-14(12-15)13(2)17/h7-9,12-13,17H,3-6,10-11H2,1-2H3. The fourth-order valence-corrected chi connectivity index (χ4v) is 1.84. The first-order chi connectivity index (χ1) is 9.63.